The van der Waals surface area contributed by atoms with Crippen molar-refractivity contribution in [3.05, 3.63) is 71.8 Å². The number of benzene rings is 2. The molecule has 0 saturated heterocycles. The van der Waals surface area contributed by atoms with Gasteiger partial charge < -0.3 is 10.1 Å². The van der Waals surface area contributed by atoms with E-state index in [1.165, 1.54) is 0 Å². The molecule has 1 unspecified atom stereocenters. The number of ether oxygens (including phenoxy) is 1. The van der Waals surface area contributed by atoms with Gasteiger partial charge in [0.15, 0.2) is 0 Å². The Hall–Kier alpha value is -2.62. The van der Waals surface area contributed by atoms with Crippen LogP contribution < -0.4 is 5.32 Å². The SMILES string of the molecule is CCNC(=O)C(OC(=O)Cc1ccccc1)c1ccccc1. The number of hydrogen-bond acceptors (Lipinski definition) is 3. The van der Waals surface area contributed by atoms with Crippen molar-refractivity contribution < 1.29 is 14.3 Å². The van der Waals surface area contributed by atoms with Gasteiger partial charge in [-0.05, 0) is 12.5 Å². The van der Waals surface area contributed by atoms with Crippen molar-refractivity contribution in [2.24, 2.45) is 0 Å². The van der Waals surface area contributed by atoms with Gasteiger partial charge in [-0.3, -0.25) is 9.59 Å². The van der Waals surface area contributed by atoms with Crippen molar-refractivity contribution in [2.75, 3.05) is 6.54 Å². The Balaban J connectivity index is 2.09. The van der Waals surface area contributed by atoms with Crippen molar-refractivity contribution >= 4 is 11.9 Å². The van der Waals surface area contributed by atoms with Crippen LogP contribution in [0.4, 0.5) is 0 Å². The second kappa shape index (κ2) is 7.98. The van der Waals surface area contributed by atoms with Crippen LogP contribution >= 0.6 is 0 Å². The smallest absolute Gasteiger partial charge is 0.311 e. The Kier molecular flexibility index (Phi) is 5.72. The molecule has 0 aliphatic rings. The molecule has 0 fully saturated rings. The molecule has 0 radical (unpaired) electrons. The largest absolute Gasteiger partial charge is 0.447 e. The molecule has 0 spiro atoms. The van der Waals surface area contributed by atoms with Crippen LogP contribution in [-0.4, -0.2) is 18.4 Å². The lowest BCUT2D eigenvalue weighted by Crippen LogP contribution is -2.32. The number of nitrogens with one attached hydrogen (secondary N) is 1. The topological polar surface area (TPSA) is 55.4 Å². The van der Waals surface area contributed by atoms with Crippen LogP contribution in [0.2, 0.25) is 0 Å². The van der Waals surface area contributed by atoms with Gasteiger partial charge in [0.05, 0.1) is 6.42 Å². The molecule has 0 saturated carbocycles. The Morgan fingerprint density at radius 1 is 1.00 bits per heavy atom. The first-order valence-corrected chi connectivity index (χ1v) is 7.26. The quantitative estimate of drug-likeness (QED) is 0.834. The fourth-order valence-corrected chi connectivity index (χ4v) is 2.10. The van der Waals surface area contributed by atoms with Crippen molar-refractivity contribution in [1.29, 1.82) is 0 Å². The van der Waals surface area contributed by atoms with E-state index >= 15 is 0 Å². The van der Waals surface area contributed by atoms with Gasteiger partial charge in [-0.2, -0.15) is 0 Å². The third kappa shape index (κ3) is 4.45. The summed E-state index contributed by atoms with van der Waals surface area (Å²) in [4.78, 5) is 24.2. The number of carbonyl (C=O) groups excluding carboxylic acids is 2. The van der Waals surface area contributed by atoms with E-state index in [1.807, 2.05) is 55.5 Å². The maximum absolute atomic E-state index is 12.1. The molecule has 1 amide bonds. The molecule has 2 aromatic rings. The number of hydrogen-bond donors (Lipinski definition) is 1. The summed E-state index contributed by atoms with van der Waals surface area (Å²) < 4.78 is 5.40. The number of amides is 1. The number of likely N-dealkylation sites (N-methyl/N-ethyl adjacent to an activating group) is 1. The highest BCUT2D eigenvalue weighted by Gasteiger charge is 2.24. The highest BCUT2D eigenvalue weighted by molar-refractivity contribution is 5.85. The van der Waals surface area contributed by atoms with Crippen LogP contribution in [0, 0.1) is 0 Å². The molecular formula is C18H19NO3. The Bertz CT molecular complexity index is 611. The first-order chi connectivity index (χ1) is 10.7. The van der Waals surface area contributed by atoms with E-state index in [0.717, 1.165) is 5.56 Å². The normalized spacial score (nSPS) is 11.5. The molecule has 0 aromatic heterocycles. The maximum Gasteiger partial charge on any atom is 0.311 e. The predicted octanol–water partition coefficient (Wildman–Crippen LogP) is 2.65. The molecule has 22 heavy (non-hydrogen) atoms. The summed E-state index contributed by atoms with van der Waals surface area (Å²) in [6.07, 6.45) is -0.777. The molecule has 2 aromatic carbocycles. The molecule has 2 rings (SSSR count). The Labute approximate surface area is 130 Å². The summed E-state index contributed by atoms with van der Waals surface area (Å²) in [6, 6.07) is 18.3. The average Bonchev–Trinajstić information content (AvgIpc) is 2.54. The van der Waals surface area contributed by atoms with E-state index in [4.69, 9.17) is 4.74 Å². The molecule has 1 N–H and O–H groups in total. The fourth-order valence-electron chi connectivity index (χ4n) is 2.10. The Morgan fingerprint density at radius 3 is 2.18 bits per heavy atom. The third-order valence-electron chi connectivity index (χ3n) is 3.13. The summed E-state index contributed by atoms with van der Waals surface area (Å²) >= 11 is 0. The van der Waals surface area contributed by atoms with Crippen LogP contribution in [0.3, 0.4) is 0 Å². The maximum atomic E-state index is 12.1. The lowest BCUT2D eigenvalue weighted by Gasteiger charge is -2.17. The van der Waals surface area contributed by atoms with Crippen molar-refractivity contribution in [1.82, 2.24) is 5.32 Å². The van der Waals surface area contributed by atoms with Crippen LogP contribution in [0.25, 0.3) is 0 Å². The van der Waals surface area contributed by atoms with E-state index in [1.54, 1.807) is 12.1 Å². The van der Waals surface area contributed by atoms with Crippen LogP contribution in [0.5, 0.6) is 0 Å². The van der Waals surface area contributed by atoms with Crippen LogP contribution in [0.1, 0.15) is 24.2 Å². The first-order valence-electron chi connectivity index (χ1n) is 7.26. The third-order valence-corrected chi connectivity index (χ3v) is 3.13. The summed E-state index contributed by atoms with van der Waals surface area (Å²) in [6.45, 7) is 2.31. The molecule has 0 aliphatic carbocycles. The summed E-state index contributed by atoms with van der Waals surface area (Å²) in [5, 5.41) is 2.70. The number of carbonyl (C=O) groups is 2. The first kappa shape index (κ1) is 15.8. The second-order valence-electron chi connectivity index (χ2n) is 4.84. The minimum absolute atomic E-state index is 0.142. The Morgan fingerprint density at radius 2 is 1.59 bits per heavy atom. The molecule has 4 heteroatoms. The lowest BCUT2D eigenvalue weighted by molar-refractivity contribution is -0.155. The molecule has 0 bridgehead atoms. The van der Waals surface area contributed by atoms with Crippen molar-refractivity contribution in [2.45, 2.75) is 19.4 Å². The average molecular weight is 297 g/mol. The summed E-state index contributed by atoms with van der Waals surface area (Å²) in [5.74, 6) is -0.735. The van der Waals surface area contributed by atoms with E-state index in [0.29, 0.717) is 12.1 Å². The van der Waals surface area contributed by atoms with Crippen LogP contribution in [-0.2, 0) is 20.7 Å². The van der Waals surface area contributed by atoms with Gasteiger partial charge in [0.1, 0.15) is 0 Å². The zero-order valence-corrected chi connectivity index (χ0v) is 12.5. The van der Waals surface area contributed by atoms with E-state index in [2.05, 4.69) is 5.32 Å². The van der Waals surface area contributed by atoms with E-state index in [-0.39, 0.29) is 12.3 Å². The van der Waals surface area contributed by atoms with Gasteiger partial charge >= 0.3 is 5.97 Å². The molecule has 0 aliphatic heterocycles. The summed E-state index contributed by atoms with van der Waals surface area (Å²) in [7, 11) is 0. The highest BCUT2D eigenvalue weighted by atomic mass is 16.5. The molecule has 1 atom stereocenters. The molecule has 114 valence electrons. The van der Waals surface area contributed by atoms with E-state index in [9.17, 15) is 9.59 Å². The minimum Gasteiger partial charge on any atom is -0.447 e. The van der Waals surface area contributed by atoms with Crippen molar-refractivity contribution in [3.8, 4) is 0 Å². The van der Waals surface area contributed by atoms with Gasteiger partial charge in [-0.25, -0.2) is 0 Å². The lowest BCUT2D eigenvalue weighted by atomic mass is 10.1. The number of rotatable bonds is 6. The van der Waals surface area contributed by atoms with Gasteiger partial charge in [0.25, 0.3) is 5.91 Å². The monoisotopic (exact) mass is 297 g/mol. The van der Waals surface area contributed by atoms with Crippen molar-refractivity contribution in [3.63, 3.8) is 0 Å². The molecule has 4 nitrogen and oxygen atoms in total. The predicted molar refractivity (Wildman–Crippen MR) is 84.1 cm³/mol. The van der Waals surface area contributed by atoms with Crippen LogP contribution in [0.15, 0.2) is 60.7 Å². The second-order valence-corrected chi connectivity index (χ2v) is 4.84. The van der Waals surface area contributed by atoms with Gasteiger partial charge in [0.2, 0.25) is 6.10 Å². The zero-order valence-electron chi connectivity index (χ0n) is 12.5. The van der Waals surface area contributed by atoms with Gasteiger partial charge in [-0.1, -0.05) is 60.7 Å². The molecular weight excluding hydrogens is 278 g/mol. The van der Waals surface area contributed by atoms with Gasteiger partial charge in [0, 0.05) is 12.1 Å². The molecule has 0 heterocycles. The fraction of sp³-hybridized carbons (Fsp3) is 0.222. The standard InChI is InChI=1S/C18H19NO3/c1-2-19-18(21)17(15-11-7-4-8-12-15)22-16(20)13-14-9-5-3-6-10-14/h3-12,17H,2,13H2,1H3,(H,19,21). The number of esters is 1. The summed E-state index contributed by atoms with van der Waals surface area (Å²) in [5.41, 5.74) is 1.52. The highest BCUT2D eigenvalue weighted by Crippen LogP contribution is 2.18. The minimum atomic E-state index is -0.919. The van der Waals surface area contributed by atoms with Gasteiger partial charge in [-0.15, -0.1) is 0 Å². The van der Waals surface area contributed by atoms with E-state index < -0.39 is 12.1 Å². The zero-order chi connectivity index (χ0) is 15.8.